The van der Waals surface area contributed by atoms with Gasteiger partial charge in [0.1, 0.15) is 12.4 Å². The van der Waals surface area contributed by atoms with Crippen LogP contribution >= 0.6 is 0 Å². The van der Waals surface area contributed by atoms with E-state index in [4.69, 9.17) is 0 Å². The lowest BCUT2D eigenvalue weighted by Crippen LogP contribution is -2.43. The molecule has 1 aliphatic heterocycles. The van der Waals surface area contributed by atoms with E-state index in [-0.39, 0.29) is 47.9 Å². The molecule has 0 radical (unpaired) electrons. The van der Waals surface area contributed by atoms with E-state index in [1.807, 2.05) is 54.6 Å². The minimum absolute atomic E-state index is 0.130. The molecule has 3 aliphatic rings. The van der Waals surface area contributed by atoms with Gasteiger partial charge in [0.2, 0.25) is 17.7 Å². The van der Waals surface area contributed by atoms with E-state index in [1.165, 1.54) is 0 Å². The highest BCUT2D eigenvalue weighted by Crippen LogP contribution is 2.52. The van der Waals surface area contributed by atoms with Gasteiger partial charge in [-0.2, -0.15) is 0 Å². The molecule has 2 N–H and O–H groups in total. The predicted octanol–water partition coefficient (Wildman–Crippen LogP) is 2.77. The molecule has 3 amide bonds. The Bertz CT molecular complexity index is 1220. The summed E-state index contributed by atoms with van der Waals surface area (Å²) in [5, 5.41) is 3.02. The van der Waals surface area contributed by atoms with Crippen molar-refractivity contribution in [3.63, 3.8) is 0 Å². The molecule has 3 aromatic rings. The van der Waals surface area contributed by atoms with E-state index in [1.54, 1.807) is 0 Å². The molecule has 2 aliphatic carbocycles. The molecule has 1 saturated heterocycles. The van der Waals surface area contributed by atoms with Crippen LogP contribution in [0.4, 0.5) is 0 Å². The second-order valence-corrected chi connectivity index (χ2v) is 9.21. The van der Waals surface area contributed by atoms with Gasteiger partial charge in [0, 0.05) is 0 Å². The minimum atomic E-state index is -0.419. The molecule has 166 valence electrons. The highest BCUT2D eigenvalue weighted by molar-refractivity contribution is 6.08. The largest absolute Gasteiger partial charge is 0.344 e. The third-order valence-electron chi connectivity index (χ3n) is 7.22. The fourth-order valence-electron chi connectivity index (χ4n) is 5.71. The molecule has 7 nitrogen and oxygen atoms in total. The third-order valence-corrected chi connectivity index (χ3v) is 7.22. The molecule has 5 atom stereocenters. The normalized spacial score (nSPS) is 26.2. The second-order valence-electron chi connectivity index (χ2n) is 9.21. The highest BCUT2D eigenvalue weighted by Gasteiger charge is 2.59. The lowest BCUT2D eigenvalue weighted by Gasteiger charge is -2.20. The van der Waals surface area contributed by atoms with Crippen LogP contribution in [0.25, 0.3) is 11.0 Å². The van der Waals surface area contributed by atoms with Gasteiger partial charge in [0.05, 0.1) is 28.9 Å². The number of H-pyrrole nitrogens is 1. The first-order valence-corrected chi connectivity index (χ1v) is 11.4. The van der Waals surface area contributed by atoms with Crippen molar-refractivity contribution in [3.05, 3.63) is 78.1 Å². The van der Waals surface area contributed by atoms with Gasteiger partial charge in [-0.15, -0.1) is 0 Å². The van der Waals surface area contributed by atoms with Crippen LogP contribution in [-0.4, -0.2) is 39.1 Å². The number of nitrogens with zero attached hydrogens (tertiary/aromatic N) is 2. The van der Waals surface area contributed by atoms with Crippen LogP contribution in [0.5, 0.6) is 0 Å². The maximum absolute atomic E-state index is 13.1. The standard InChI is InChI=1S/C26H24N4O3/c31-21(14-30-25(32)22-16-10-11-17(13-16)23(22)26(30)33)27-20(12-15-6-2-1-3-7-15)24-28-18-8-4-5-9-19(18)29-24/h1-11,16-17,20,22-23H,12-14H2,(H,27,31)(H,28,29)/t16-,17-,20-,22-,23-/m0/s1. The number of imide groups is 1. The first-order chi connectivity index (χ1) is 16.1. The SMILES string of the molecule is O=C(CN1C(=O)[C@@H]2[C@@H](C1=O)[C@H]1C=C[C@H]2C1)N[C@@H](Cc1ccccc1)c1nc2ccccc2[nH]1. The van der Waals surface area contributed by atoms with Crippen molar-refractivity contribution in [1.82, 2.24) is 20.2 Å². The number of aromatic amines is 1. The van der Waals surface area contributed by atoms with Gasteiger partial charge >= 0.3 is 0 Å². The quantitative estimate of drug-likeness (QED) is 0.455. The van der Waals surface area contributed by atoms with Gasteiger partial charge in [-0.3, -0.25) is 19.3 Å². The number of carbonyl (C=O) groups excluding carboxylic acids is 3. The summed E-state index contributed by atoms with van der Waals surface area (Å²) < 4.78 is 0. The first-order valence-electron chi connectivity index (χ1n) is 11.4. The molecule has 2 fully saturated rings. The highest BCUT2D eigenvalue weighted by atomic mass is 16.2. The van der Waals surface area contributed by atoms with Crippen LogP contribution in [0, 0.1) is 23.7 Å². The van der Waals surface area contributed by atoms with Gasteiger partial charge in [-0.1, -0.05) is 54.6 Å². The molecular weight excluding hydrogens is 416 g/mol. The van der Waals surface area contributed by atoms with Gasteiger partial charge in [0.15, 0.2) is 0 Å². The topological polar surface area (TPSA) is 95.2 Å². The maximum Gasteiger partial charge on any atom is 0.240 e. The van der Waals surface area contributed by atoms with Gasteiger partial charge in [-0.05, 0) is 42.4 Å². The Hall–Kier alpha value is -3.74. The average molecular weight is 441 g/mol. The Morgan fingerprint density at radius 1 is 1.00 bits per heavy atom. The smallest absolute Gasteiger partial charge is 0.240 e. The summed E-state index contributed by atoms with van der Waals surface area (Å²) in [5.74, 6) is -0.464. The van der Waals surface area contributed by atoms with Crippen molar-refractivity contribution in [2.45, 2.75) is 18.9 Å². The summed E-state index contributed by atoms with van der Waals surface area (Å²) in [6, 6.07) is 17.1. The zero-order valence-corrected chi connectivity index (χ0v) is 18.0. The Labute approximate surface area is 190 Å². The van der Waals surface area contributed by atoms with Crippen molar-refractivity contribution in [2.24, 2.45) is 23.7 Å². The van der Waals surface area contributed by atoms with E-state index in [9.17, 15) is 14.4 Å². The lowest BCUT2D eigenvalue weighted by molar-refractivity contribution is -0.144. The molecule has 7 heteroatoms. The fourth-order valence-corrected chi connectivity index (χ4v) is 5.71. The molecule has 2 heterocycles. The molecule has 0 spiro atoms. The first kappa shape index (κ1) is 19.9. The fraction of sp³-hybridized carbons (Fsp3) is 0.308. The van der Waals surface area contributed by atoms with Crippen LogP contribution in [0.15, 0.2) is 66.7 Å². The molecule has 2 aromatic carbocycles. The molecule has 1 aromatic heterocycles. The summed E-state index contributed by atoms with van der Waals surface area (Å²) in [5.41, 5.74) is 2.76. The molecule has 2 bridgehead atoms. The molecule has 6 rings (SSSR count). The number of fused-ring (bicyclic) bond motifs is 6. The summed E-state index contributed by atoms with van der Waals surface area (Å²) in [4.78, 5) is 48.1. The second kappa shape index (κ2) is 7.69. The van der Waals surface area contributed by atoms with Gasteiger partial charge in [-0.25, -0.2) is 4.98 Å². The predicted molar refractivity (Wildman–Crippen MR) is 122 cm³/mol. The van der Waals surface area contributed by atoms with E-state index in [0.29, 0.717) is 12.2 Å². The third kappa shape index (κ3) is 3.35. The van der Waals surface area contributed by atoms with Crippen molar-refractivity contribution < 1.29 is 14.4 Å². The number of aromatic nitrogens is 2. The summed E-state index contributed by atoms with van der Waals surface area (Å²) in [7, 11) is 0. The number of nitrogens with one attached hydrogen (secondary N) is 2. The van der Waals surface area contributed by atoms with Crippen molar-refractivity contribution in [1.29, 1.82) is 0 Å². The summed E-state index contributed by atoms with van der Waals surface area (Å²) in [6.45, 7) is -0.254. The molecule has 1 saturated carbocycles. The number of likely N-dealkylation sites (tertiary alicyclic amines) is 1. The zero-order valence-electron chi connectivity index (χ0n) is 18.0. The van der Waals surface area contributed by atoms with E-state index >= 15 is 0 Å². The number of para-hydroxylation sites is 2. The number of carbonyl (C=O) groups is 3. The summed E-state index contributed by atoms with van der Waals surface area (Å²) in [6.07, 6.45) is 5.52. The van der Waals surface area contributed by atoms with Crippen LogP contribution in [0.3, 0.4) is 0 Å². The average Bonchev–Trinajstić information content (AvgIpc) is 3.59. The monoisotopic (exact) mass is 440 g/mol. The molecular formula is C26H24N4O3. The Morgan fingerprint density at radius 3 is 2.36 bits per heavy atom. The lowest BCUT2D eigenvalue weighted by atomic mass is 9.85. The van der Waals surface area contributed by atoms with Gasteiger partial charge < -0.3 is 10.3 Å². The maximum atomic E-state index is 13.1. The number of allylic oxidation sites excluding steroid dienone is 2. The van der Waals surface area contributed by atoms with Crippen LogP contribution < -0.4 is 5.32 Å². The Balaban J connectivity index is 1.22. The Kier molecular flexibility index (Phi) is 4.64. The Morgan fingerprint density at radius 2 is 1.67 bits per heavy atom. The molecule has 0 unspecified atom stereocenters. The van der Waals surface area contributed by atoms with Gasteiger partial charge in [0.25, 0.3) is 0 Å². The van der Waals surface area contributed by atoms with E-state index in [2.05, 4.69) is 27.4 Å². The number of hydrogen-bond donors (Lipinski definition) is 2. The summed E-state index contributed by atoms with van der Waals surface area (Å²) >= 11 is 0. The van der Waals surface area contributed by atoms with Crippen LogP contribution in [0.1, 0.15) is 23.9 Å². The number of rotatable bonds is 6. The van der Waals surface area contributed by atoms with Crippen molar-refractivity contribution in [2.75, 3.05) is 6.54 Å². The van der Waals surface area contributed by atoms with Crippen molar-refractivity contribution in [3.8, 4) is 0 Å². The number of benzene rings is 2. The molecule has 33 heavy (non-hydrogen) atoms. The van der Waals surface area contributed by atoms with E-state index in [0.717, 1.165) is 27.9 Å². The van der Waals surface area contributed by atoms with E-state index < -0.39 is 6.04 Å². The number of hydrogen-bond acceptors (Lipinski definition) is 4. The van der Waals surface area contributed by atoms with Crippen molar-refractivity contribution >= 4 is 28.8 Å². The van der Waals surface area contributed by atoms with Crippen LogP contribution in [0.2, 0.25) is 0 Å². The number of amides is 3. The van der Waals surface area contributed by atoms with Crippen LogP contribution in [-0.2, 0) is 20.8 Å². The number of imidazole rings is 1. The minimum Gasteiger partial charge on any atom is -0.344 e. The zero-order chi connectivity index (χ0) is 22.5.